The number of nitrogens with zero attached hydrogens (tertiary/aromatic N) is 2. The van der Waals surface area contributed by atoms with Crippen molar-refractivity contribution in [1.82, 2.24) is 9.47 Å². The van der Waals surface area contributed by atoms with Crippen molar-refractivity contribution in [2.24, 2.45) is 0 Å². The van der Waals surface area contributed by atoms with Crippen LogP contribution in [0.5, 0.6) is 0 Å². The Morgan fingerprint density at radius 2 is 1.57 bits per heavy atom. The number of hydrogen-bond donors (Lipinski definition) is 0. The standard InChI is InChI=1S/C24H22N2O2/c1-17-12-13-22-20(14-17)24(28)19-10-6-7-11-21(19)26(22)16-23(27)25(2)15-18-8-4-3-5-9-18/h3-14H,15-16H2,1-2H3. The van der Waals surface area contributed by atoms with Gasteiger partial charge in [0.25, 0.3) is 0 Å². The van der Waals surface area contributed by atoms with Gasteiger partial charge in [0.15, 0.2) is 5.43 Å². The molecule has 1 aromatic heterocycles. The van der Waals surface area contributed by atoms with Crippen LogP contribution in [0.4, 0.5) is 0 Å². The van der Waals surface area contributed by atoms with Crippen LogP contribution in [-0.4, -0.2) is 22.4 Å². The molecule has 0 fully saturated rings. The average molecular weight is 370 g/mol. The van der Waals surface area contributed by atoms with Gasteiger partial charge in [-0.2, -0.15) is 0 Å². The van der Waals surface area contributed by atoms with E-state index in [2.05, 4.69) is 0 Å². The lowest BCUT2D eigenvalue weighted by Crippen LogP contribution is -2.30. The summed E-state index contributed by atoms with van der Waals surface area (Å²) in [6.45, 7) is 2.70. The molecular formula is C24H22N2O2. The van der Waals surface area contributed by atoms with Gasteiger partial charge >= 0.3 is 0 Å². The molecular weight excluding hydrogens is 348 g/mol. The van der Waals surface area contributed by atoms with Crippen molar-refractivity contribution >= 4 is 27.7 Å². The van der Waals surface area contributed by atoms with E-state index in [0.717, 1.165) is 22.2 Å². The van der Waals surface area contributed by atoms with Crippen LogP contribution in [-0.2, 0) is 17.9 Å². The number of carbonyl (C=O) groups excluding carboxylic acids is 1. The third-order valence-corrected chi connectivity index (χ3v) is 5.11. The molecule has 0 N–H and O–H groups in total. The Kier molecular flexibility index (Phi) is 4.70. The highest BCUT2D eigenvalue weighted by Gasteiger charge is 2.15. The lowest BCUT2D eigenvalue weighted by atomic mass is 10.1. The number of aromatic nitrogens is 1. The Balaban J connectivity index is 1.78. The third kappa shape index (κ3) is 3.29. The maximum Gasteiger partial charge on any atom is 0.242 e. The third-order valence-electron chi connectivity index (χ3n) is 5.11. The van der Waals surface area contributed by atoms with Crippen molar-refractivity contribution in [3.8, 4) is 0 Å². The van der Waals surface area contributed by atoms with Crippen molar-refractivity contribution in [1.29, 1.82) is 0 Å². The molecule has 0 aliphatic rings. The average Bonchev–Trinajstić information content (AvgIpc) is 2.71. The van der Waals surface area contributed by atoms with Crippen molar-refractivity contribution in [3.05, 3.63) is 94.1 Å². The van der Waals surface area contributed by atoms with E-state index in [9.17, 15) is 9.59 Å². The number of benzene rings is 3. The predicted octanol–water partition coefficient (Wildman–Crippen LogP) is 4.12. The lowest BCUT2D eigenvalue weighted by Gasteiger charge is -2.21. The van der Waals surface area contributed by atoms with E-state index in [1.165, 1.54) is 0 Å². The second-order valence-electron chi connectivity index (χ2n) is 7.19. The molecule has 0 saturated heterocycles. The molecule has 140 valence electrons. The second kappa shape index (κ2) is 7.31. The highest BCUT2D eigenvalue weighted by molar-refractivity contribution is 5.95. The summed E-state index contributed by atoms with van der Waals surface area (Å²) < 4.78 is 1.95. The molecule has 4 rings (SSSR count). The Bertz CT molecular complexity index is 1230. The van der Waals surface area contributed by atoms with E-state index in [1.54, 1.807) is 4.90 Å². The number of likely N-dealkylation sites (N-methyl/N-ethyl adjacent to an activating group) is 1. The maximum absolute atomic E-state index is 13.0. The van der Waals surface area contributed by atoms with Gasteiger partial charge in [-0.1, -0.05) is 54.1 Å². The molecule has 1 heterocycles. The smallest absolute Gasteiger partial charge is 0.242 e. The summed E-state index contributed by atoms with van der Waals surface area (Å²) >= 11 is 0. The molecule has 4 heteroatoms. The summed E-state index contributed by atoms with van der Waals surface area (Å²) in [5, 5.41) is 1.29. The van der Waals surface area contributed by atoms with Crippen molar-refractivity contribution in [2.45, 2.75) is 20.0 Å². The Labute approximate surface area is 163 Å². The zero-order valence-electron chi connectivity index (χ0n) is 16.1. The molecule has 0 aliphatic heterocycles. The number of pyridine rings is 1. The van der Waals surface area contributed by atoms with Crippen LogP contribution in [0, 0.1) is 6.92 Å². The van der Waals surface area contributed by atoms with Gasteiger partial charge in [-0.05, 0) is 36.8 Å². The fraction of sp³-hybridized carbons (Fsp3) is 0.167. The molecule has 0 aliphatic carbocycles. The van der Waals surface area contributed by atoms with Gasteiger partial charge in [0, 0.05) is 24.4 Å². The number of aryl methyl sites for hydroxylation is 1. The van der Waals surface area contributed by atoms with Gasteiger partial charge in [0.1, 0.15) is 6.54 Å². The first kappa shape index (κ1) is 18.0. The first-order valence-corrected chi connectivity index (χ1v) is 9.34. The maximum atomic E-state index is 13.0. The molecule has 0 bridgehead atoms. The van der Waals surface area contributed by atoms with Crippen molar-refractivity contribution < 1.29 is 4.79 Å². The molecule has 4 aromatic rings. The summed E-state index contributed by atoms with van der Waals surface area (Å²) in [6.07, 6.45) is 0. The molecule has 0 unspecified atom stereocenters. The minimum atomic E-state index is -0.000435. The van der Waals surface area contributed by atoms with Crippen LogP contribution in [0.3, 0.4) is 0 Å². The van der Waals surface area contributed by atoms with Gasteiger partial charge in [-0.3, -0.25) is 9.59 Å². The van der Waals surface area contributed by atoms with Crippen LogP contribution in [0.25, 0.3) is 21.8 Å². The van der Waals surface area contributed by atoms with Gasteiger partial charge in [-0.15, -0.1) is 0 Å². The molecule has 0 atom stereocenters. The first-order valence-electron chi connectivity index (χ1n) is 9.34. The summed E-state index contributed by atoms with van der Waals surface area (Å²) in [5.74, 6) is -0.000435. The van der Waals surface area contributed by atoms with Crippen LogP contribution < -0.4 is 5.43 Å². The zero-order valence-corrected chi connectivity index (χ0v) is 16.1. The number of amides is 1. The first-order chi connectivity index (χ1) is 13.5. The normalized spacial score (nSPS) is 11.1. The summed E-state index contributed by atoms with van der Waals surface area (Å²) in [7, 11) is 1.81. The van der Waals surface area contributed by atoms with Gasteiger partial charge < -0.3 is 9.47 Å². The Morgan fingerprint density at radius 3 is 2.36 bits per heavy atom. The fourth-order valence-electron chi connectivity index (χ4n) is 3.61. The van der Waals surface area contributed by atoms with E-state index in [1.807, 2.05) is 91.3 Å². The summed E-state index contributed by atoms with van der Waals surface area (Å²) in [4.78, 5) is 27.7. The monoisotopic (exact) mass is 370 g/mol. The molecule has 0 spiro atoms. The Morgan fingerprint density at radius 1 is 0.893 bits per heavy atom. The SMILES string of the molecule is Cc1ccc2c(c1)c(=O)c1ccccc1n2CC(=O)N(C)Cc1ccccc1. The number of carbonyl (C=O) groups is 1. The van der Waals surface area contributed by atoms with Crippen LogP contribution in [0.15, 0.2) is 77.6 Å². The van der Waals surface area contributed by atoms with Crippen LogP contribution in [0.2, 0.25) is 0 Å². The minimum absolute atomic E-state index is 0.000435. The van der Waals surface area contributed by atoms with Gasteiger partial charge in [-0.25, -0.2) is 0 Å². The van der Waals surface area contributed by atoms with Gasteiger partial charge in [0.2, 0.25) is 5.91 Å². The van der Waals surface area contributed by atoms with E-state index < -0.39 is 0 Å². The lowest BCUT2D eigenvalue weighted by molar-refractivity contribution is -0.130. The quantitative estimate of drug-likeness (QED) is 0.507. The highest BCUT2D eigenvalue weighted by Crippen LogP contribution is 2.20. The molecule has 3 aromatic carbocycles. The van der Waals surface area contributed by atoms with Crippen molar-refractivity contribution in [2.75, 3.05) is 7.05 Å². The number of fused-ring (bicyclic) bond motifs is 2. The molecule has 0 saturated carbocycles. The summed E-state index contributed by atoms with van der Waals surface area (Å²) in [5.41, 5.74) is 3.69. The zero-order chi connectivity index (χ0) is 19.7. The van der Waals surface area contributed by atoms with Crippen LogP contribution >= 0.6 is 0 Å². The van der Waals surface area contributed by atoms with E-state index >= 15 is 0 Å². The van der Waals surface area contributed by atoms with Crippen LogP contribution in [0.1, 0.15) is 11.1 Å². The van der Waals surface area contributed by atoms with E-state index in [-0.39, 0.29) is 17.9 Å². The molecule has 4 nitrogen and oxygen atoms in total. The fourth-order valence-corrected chi connectivity index (χ4v) is 3.61. The Hall–Kier alpha value is -3.40. The molecule has 0 radical (unpaired) electrons. The topological polar surface area (TPSA) is 42.3 Å². The molecule has 1 amide bonds. The number of rotatable bonds is 4. The van der Waals surface area contributed by atoms with Crippen molar-refractivity contribution in [3.63, 3.8) is 0 Å². The van der Waals surface area contributed by atoms with E-state index in [4.69, 9.17) is 0 Å². The van der Waals surface area contributed by atoms with Gasteiger partial charge in [0.05, 0.1) is 11.0 Å². The summed E-state index contributed by atoms with van der Waals surface area (Å²) in [6, 6.07) is 23.2. The largest absolute Gasteiger partial charge is 0.340 e. The minimum Gasteiger partial charge on any atom is -0.340 e. The van der Waals surface area contributed by atoms with E-state index in [0.29, 0.717) is 17.3 Å². The predicted molar refractivity (Wildman–Crippen MR) is 113 cm³/mol. The molecule has 28 heavy (non-hydrogen) atoms. The number of para-hydroxylation sites is 1. The number of hydrogen-bond acceptors (Lipinski definition) is 2. The second-order valence-corrected chi connectivity index (χ2v) is 7.19. The highest BCUT2D eigenvalue weighted by atomic mass is 16.2.